The molecule has 1 aromatic carbocycles. The summed E-state index contributed by atoms with van der Waals surface area (Å²) < 4.78 is 5.94. The Morgan fingerprint density at radius 1 is 1.24 bits per heavy atom. The molecular formula is C22H23ClN4O2. The fourth-order valence-corrected chi connectivity index (χ4v) is 3.82. The maximum absolute atomic E-state index is 13.0. The highest BCUT2D eigenvalue weighted by atomic mass is 35.5. The number of piperidine rings is 1. The molecule has 1 unspecified atom stereocenters. The van der Waals surface area contributed by atoms with Gasteiger partial charge in [0.2, 0.25) is 5.91 Å². The van der Waals surface area contributed by atoms with E-state index in [9.17, 15) is 4.79 Å². The summed E-state index contributed by atoms with van der Waals surface area (Å²) in [6, 6.07) is 11.3. The molecule has 3 heterocycles. The number of hydrogen-bond donors (Lipinski definition) is 0. The van der Waals surface area contributed by atoms with E-state index < -0.39 is 0 Å². The van der Waals surface area contributed by atoms with Crippen molar-refractivity contribution in [1.82, 2.24) is 14.9 Å². The highest BCUT2D eigenvalue weighted by Crippen LogP contribution is 2.26. The van der Waals surface area contributed by atoms with Crippen LogP contribution in [0.15, 0.2) is 59.4 Å². The minimum Gasteiger partial charge on any atom is -0.459 e. The predicted octanol–water partition coefficient (Wildman–Crippen LogP) is 4.27. The monoisotopic (exact) mass is 410 g/mol. The van der Waals surface area contributed by atoms with Crippen molar-refractivity contribution in [2.75, 3.05) is 25.0 Å². The van der Waals surface area contributed by atoms with Gasteiger partial charge >= 0.3 is 0 Å². The molecule has 1 aliphatic rings. The average molecular weight is 411 g/mol. The quantitative estimate of drug-likeness (QED) is 0.628. The van der Waals surface area contributed by atoms with Crippen molar-refractivity contribution in [3.8, 4) is 11.3 Å². The Morgan fingerprint density at radius 3 is 2.83 bits per heavy atom. The highest BCUT2D eigenvalue weighted by molar-refractivity contribution is 6.30. The van der Waals surface area contributed by atoms with E-state index in [1.54, 1.807) is 23.5 Å². The van der Waals surface area contributed by atoms with Crippen molar-refractivity contribution in [2.24, 2.45) is 5.92 Å². The second-order valence-corrected chi connectivity index (χ2v) is 7.75. The molecule has 6 nitrogen and oxygen atoms in total. The van der Waals surface area contributed by atoms with Crippen LogP contribution in [-0.2, 0) is 11.3 Å². The maximum Gasteiger partial charge on any atom is 0.227 e. The van der Waals surface area contributed by atoms with Crippen molar-refractivity contribution in [1.29, 1.82) is 0 Å². The first kappa shape index (κ1) is 19.5. The molecule has 1 atom stereocenters. The van der Waals surface area contributed by atoms with Gasteiger partial charge in [0.15, 0.2) is 0 Å². The van der Waals surface area contributed by atoms with Gasteiger partial charge in [-0.1, -0.05) is 11.6 Å². The van der Waals surface area contributed by atoms with Gasteiger partial charge in [-0.25, -0.2) is 4.98 Å². The molecule has 1 saturated heterocycles. The Kier molecular flexibility index (Phi) is 5.81. The number of hydrogen-bond acceptors (Lipinski definition) is 5. The zero-order valence-electron chi connectivity index (χ0n) is 16.3. The number of carbonyl (C=O) groups excluding carboxylic acids is 1. The summed E-state index contributed by atoms with van der Waals surface area (Å²) in [5.41, 5.74) is 0.960. The first-order valence-electron chi connectivity index (χ1n) is 9.71. The number of nitrogens with zero attached hydrogens (tertiary/aromatic N) is 4. The Balaban J connectivity index is 1.39. The maximum atomic E-state index is 13.0. The van der Waals surface area contributed by atoms with E-state index in [4.69, 9.17) is 16.0 Å². The van der Waals surface area contributed by atoms with Crippen LogP contribution >= 0.6 is 11.6 Å². The van der Waals surface area contributed by atoms with E-state index in [1.807, 2.05) is 43.4 Å². The Labute approximate surface area is 175 Å². The molecule has 0 spiro atoms. The fraction of sp³-hybridized carbons (Fsp3) is 0.318. The number of benzene rings is 1. The zero-order valence-corrected chi connectivity index (χ0v) is 17.0. The minimum atomic E-state index is -0.0542. The summed E-state index contributed by atoms with van der Waals surface area (Å²) in [6.45, 7) is 2.00. The predicted molar refractivity (Wildman–Crippen MR) is 113 cm³/mol. The number of anilines is 1. The van der Waals surface area contributed by atoms with Crippen molar-refractivity contribution < 1.29 is 9.21 Å². The van der Waals surface area contributed by atoms with E-state index in [0.717, 1.165) is 42.3 Å². The highest BCUT2D eigenvalue weighted by Gasteiger charge is 2.29. The van der Waals surface area contributed by atoms with Crippen LogP contribution < -0.4 is 4.90 Å². The molecule has 0 aliphatic carbocycles. The van der Waals surface area contributed by atoms with Crippen LogP contribution in [-0.4, -0.2) is 40.9 Å². The van der Waals surface area contributed by atoms with Crippen LogP contribution in [0, 0.1) is 5.92 Å². The number of halogens is 1. The molecule has 29 heavy (non-hydrogen) atoms. The number of furan rings is 1. The summed E-state index contributed by atoms with van der Waals surface area (Å²) in [5.74, 6) is 2.42. The first-order chi connectivity index (χ1) is 14.1. The van der Waals surface area contributed by atoms with Crippen LogP contribution in [0.5, 0.6) is 0 Å². The lowest BCUT2D eigenvalue weighted by Gasteiger charge is -2.34. The lowest BCUT2D eigenvalue weighted by Crippen LogP contribution is -2.43. The number of amides is 1. The first-order valence-corrected chi connectivity index (χ1v) is 10.1. The number of rotatable bonds is 5. The molecule has 0 N–H and O–H groups in total. The summed E-state index contributed by atoms with van der Waals surface area (Å²) >= 11 is 5.95. The fourth-order valence-electron chi connectivity index (χ4n) is 3.70. The summed E-state index contributed by atoms with van der Waals surface area (Å²) in [7, 11) is 1.83. The van der Waals surface area contributed by atoms with E-state index in [0.29, 0.717) is 18.1 Å². The molecule has 0 saturated carbocycles. The van der Waals surface area contributed by atoms with E-state index in [-0.39, 0.29) is 11.8 Å². The van der Waals surface area contributed by atoms with Gasteiger partial charge in [-0.3, -0.25) is 9.78 Å². The molecule has 2 aromatic heterocycles. The topological polar surface area (TPSA) is 62.5 Å². The van der Waals surface area contributed by atoms with Crippen molar-refractivity contribution in [2.45, 2.75) is 19.4 Å². The molecule has 4 rings (SSSR count). The molecule has 1 amide bonds. The number of aromatic nitrogens is 2. The van der Waals surface area contributed by atoms with Gasteiger partial charge in [-0.05, 0) is 49.2 Å². The van der Waals surface area contributed by atoms with Gasteiger partial charge in [-0.2, -0.15) is 0 Å². The Morgan fingerprint density at radius 2 is 2.07 bits per heavy atom. The molecular weight excluding hydrogens is 388 g/mol. The van der Waals surface area contributed by atoms with Crippen LogP contribution in [0.25, 0.3) is 11.3 Å². The smallest absolute Gasteiger partial charge is 0.227 e. The van der Waals surface area contributed by atoms with Gasteiger partial charge in [0, 0.05) is 43.1 Å². The summed E-state index contributed by atoms with van der Waals surface area (Å²) in [5, 5.41) is 0.689. The molecule has 3 aromatic rings. The summed E-state index contributed by atoms with van der Waals surface area (Å²) in [6.07, 6.45) is 6.93. The molecule has 150 valence electrons. The molecule has 1 aliphatic heterocycles. The SMILES string of the molecule is CN(Cc1ccc(-c2ccc(Cl)cc2)o1)C(=O)C1CCCN(c2cnccn2)C1. The molecule has 0 bridgehead atoms. The van der Waals surface area contributed by atoms with Crippen LogP contribution in [0.3, 0.4) is 0 Å². The Bertz CT molecular complexity index is 958. The third-order valence-corrected chi connectivity index (χ3v) is 5.46. The van der Waals surface area contributed by atoms with Gasteiger partial charge < -0.3 is 14.2 Å². The van der Waals surface area contributed by atoms with Gasteiger partial charge in [0.1, 0.15) is 17.3 Å². The van der Waals surface area contributed by atoms with Crippen molar-refractivity contribution >= 4 is 23.3 Å². The summed E-state index contributed by atoms with van der Waals surface area (Å²) in [4.78, 5) is 25.4. The zero-order chi connectivity index (χ0) is 20.2. The van der Waals surface area contributed by atoms with Crippen molar-refractivity contribution in [3.05, 3.63) is 65.8 Å². The largest absolute Gasteiger partial charge is 0.459 e. The number of carbonyl (C=O) groups is 1. The second-order valence-electron chi connectivity index (χ2n) is 7.32. The molecule has 0 radical (unpaired) electrons. The Hall–Kier alpha value is -2.86. The van der Waals surface area contributed by atoms with Crippen molar-refractivity contribution in [3.63, 3.8) is 0 Å². The standard InChI is InChI=1S/C22H23ClN4O2/c1-26(15-19-8-9-20(29-19)16-4-6-18(23)7-5-16)22(28)17-3-2-12-27(14-17)21-13-24-10-11-25-21/h4-11,13,17H,2-3,12,14-15H2,1H3. The van der Waals surface area contributed by atoms with E-state index in [1.165, 1.54) is 0 Å². The van der Waals surface area contributed by atoms with Gasteiger partial charge in [0.25, 0.3) is 0 Å². The normalized spacial score (nSPS) is 16.6. The van der Waals surface area contributed by atoms with E-state index in [2.05, 4.69) is 14.9 Å². The third-order valence-electron chi connectivity index (χ3n) is 5.20. The van der Waals surface area contributed by atoms with Gasteiger partial charge in [-0.15, -0.1) is 0 Å². The van der Waals surface area contributed by atoms with E-state index >= 15 is 0 Å². The lowest BCUT2D eigenvalue weighted by molar-refractivity contribution is -0.135. The molecule has 1 fully saturated rings. The lowest BCUT2D eigenvalue weighted by atomic mass is 9.96. The average Bonchev–Trinajstić information content (AvgIpc) is 3.23. The van der Waals surface area contributed by atoms with Crippen LogP contribution in [0.1, 0.15) is 18.6 Å². The second kappa shape index (κ2) is 8.66. The van der Waals surface area contributed by atoms with Crippen LogP contribution in [0.2, 0.25) is 5.02 Å². The molecule has 7 heteroatoms. The third kappa shape index (κ3) is 4.59. The minimum absolute atomic E-state index is 0.0542. The van der Waals surface area contributed by atoms with Crippen LogP contribution in [0.4, 0.5) is 5.82 Å². The van der Waals surface area contributed by atoms with Gasteiger partial charge in [0.05, 0.1) is 18.7 Å².